The molecule has 4 N–H and O–H groups in total. The maximum Gasteiger partial charge on any atom is 0.326 e. The van der Waals surface area contributed by atoms with Crippen LogP contribution in [0.1, 0.15) is 19.8 Å². The number of amides is 2. The summed E-state index contributed by atoms with van der Waals surface area (Å²) in [6.07, 6.45) is 1.06. The van der Waals surface area contributed by atoms with Gasteiger partial charge in [0, 0.05) is 6.54 Å². The van der Waals surface area contributed by atoms with Crippen molar-refractivity contribution in [1.82, 2.24) is 16.0 Å². The largest absolute Gasteiger partial charge is 0.480 e. The molecule has 1 rings (SSSR count). The average molecular weight is 243 g/mol. The topological polar surface area (TPSA) is 108 Å². The lowest BCUT2D eigenvalue weighted by Gasteiger charge is -2.24. The normalized spacial score (nSPS) is 21.5. The van der Waals surface area contributed by atoms with E-state index in [9.17, 15) is 14.4 Å². The first-order valence-corrected chi connectivity index (χ1v) is 5.57. The monoisotopic (exact) mass is 243 g/mol. The Morgan fingerprint density at radius 2 is 2.29 bits per heavy atom. The van der Waals surface area contributed by atoms with E-state index in [-0.39, 0.29) is 19.0 Å². The van der Waals surface area contributed by atoms with Crippen molar-refractivity contribution < 1.29 is 19.5 Å². The van der Waals surface area contributed by atoms with E-state index in [0.717, 1.165) is 0 Å². The first-order chi connectivity index (χ1) is 8.04. The summed E-state index contributed by atoms with van der Waals surface area (Å²) in [6.45, 7) is 2.11. The number of nitrogens with one attached hydrogen (secondary N) is 3. The van der Waals surface area contributed by atoms with Gasteiger partial charge in [-0.2, -0.15) is 0 Å². The standard InChI is InChI=1S/C10H17N3O4/c1-2-3-6(10(16)17)13-9(15)7-4-12-8(14)5-11-7/h6-7,11H,2-5H2,1H3,(H,12,14)(H,13,15)(H,16,17). The van der Waals surface area contributed by atoms with Crippen LogP contribution < -0.4 is 16.0 Å². The molecular formula is C10H17N3O4. The Labute approximate surface area is 98.9 Å². The highest BCUT2D eigenvalue weighted by Gasteiger charge is 2.27. The predicted octanol–water partition coefficient (Wildman–Crippen LogP) is -1.56. The van der Waals surface area contributed by atoms with Gasteiger partial charge in [0.2, 0.25) is 11.8 Å². The predicted molar refractivity (Wildman–Crippen MR) is 59.3 cm³/mol. The summed E-state index contributed by atoms with van der Waals surface area (Å²) in [5, 5.41) is 16.6. The van der Waals surface area contributed by atoms with E-state index in [1.165, 1.54) is 0 Å². The quantitative estimate of drug-likeness (QED) is 0.467. The SMILES string of the molecule is CCCC(NC(=O)C1CNC(=O)CN1)C(=O)O. The number of carboxylic acids is 1. The first kappa shape index (κ1) is 13.4. The summed E-state index contributed by atoms with van der Waals surface area (Å²) in [7, 11) is 0. The van der Waals surface area contributed by atoms with Gasteiger partial charge >= 0.3 is 5.97 Å². The second-order valence-corrected chi connectivity index (χ2v) is 3.93. The summed E-state index contributed by atoms with van der Waals surface area (Å²) < 4.78 is 0. The van der Waals surface area contributed by atoms with Gasteiger partial charge in [0.25, 0.3) is 0 Å². The molecule has 0 spiro atoms. The number of piperazine rings is 1. The lowest BCUT2D eigenvalue weighted by Crippen LogP contribution is -2.59. The minimum absolute atomic E-state index is 0.0730. The van der Waals surface area contributed by atoms with Crippen molar-refractivity contribution in [2.24, 2.45) is 0 Å². The van der Waals surface area contributed by atoms with E-state index < -0.39 is 24.0 Å². The van der Waals surface area contributed by atoms with Crippen LogP contribution in [0.25, 0.3) is 0 Å². The van der Waals surface area contributed by atoms with Crippen molar-refractivity contribution in [2.75, 3.05) is 13.1 Å². The molecule has 0 saturated carbocycles. The molecule has 2 amide bonds. The van der Waals surface area contributed by atoms with Gasteiger partial charge in [-0.15, -0.1) is 0 Å². The van der Waals surface area contributed by atoms with Crippen LogP contribution in [-0.4, -0.2) is 48.1 Å². The summed E-state index contributed by atoms with van der Waals surface area (Å²) >= 11 is 0. The molecule has 0 aromatic carbocycles. The van der Waals surface area contributed by atoms with Crippen molar-refractivity contribution in [2.45, 2.75) is 31.8 Å². The zero-order valence-corrected chi connectivity index (χ0v) is 9.66. The number of carboxylic acid groups (broad SMARTS) is 1. The van der Waals surface area contributed by atoms with Crippen LogP contribution in [0.15, 0.2) is 0 Å². The van der Waals surface area contributed by atoms with Crippen LogP contribution in [0.2, 0.25) is 0 Å². The van der Waals surface area contributed by atoms with Crippen molar-refractivity contribution in [1.29, 1.82) is 0 Å². The highest BCUT2D eigenvalue weighted by Crippen LogP contribution is 1.98. The zero-order valence-electron chi connectivity index (χ0n) is 9.66. The van der Waals surface area contributed by atoms with E-state index in [2.05, 4.69) is 16.0 Å². The fraction of sp³-hybridized carbons (Fsp3) is 0.700. The fourth-order valence-electron chi connectivity index (χ4n) is 1.57. The van der Waals surface area contributed by atoms with Crippen LogP contribution in [0, 0.1) is 0 Å². The van der Waals surface area contributed by atoms with Gasteiger partial charge in [0.05, 0.1) is 6.54 Å². The second kappa shape index (κ2) is 6.19. The van der Waals surface area contributed by atoms with Gasteiger partial charge in [-0.25, -0.2) is 4.79 Å². The molecule has 0 bridgehead atoms. The Kier molecular flexibility index (Phi) is 4.89. The van der Waals surface area contributed by atoms with Gasteiger partial charge < -0.3 is 15.7 Å². The number of hydrogen-bond acceptors (Lipinski definition) is 4. The van der Waals surface area contributed by atoms with Crippen LogP contribution in [0.5, 0.6) is 0 Å². The third kappa shape index (κ3) is 4.03. The Balaban J connectivity index is 2.46. The fourth-order valence-corrected chi connectivity index (χ4v) is 1.57. The molecule has 2 atom stereocenters. The number of hydrogen-bond donors (Lipinski definition) is 4. The molecule has 0 aromatic heterocycles. The van der Waals surface area contributed by atoms with E-state index in [0.29, 0.717) is 12.8 Å². The van der Waals surface area contributed by atoms with Crippen LogP contribution >= 0.6 is 0 Å². The highest BCUT2D eigenvalue weighted by molar-refractivity contribution is 5.89. The van der Waals surface area contributed by atoms with Gasteiger partial charge in [-0.1, -0.05) is 13.3 Å². The van der Waals surface area contributed by atoms with Crippen LogP contribution in [0.3, 0.4) is 0 Å². The smallest absolute Gasteiger partial charge is 0.326 e. The van der Waals surface area contributed by atoms with Crippen LogP contribution in [0.4, 0.5) is 0 Å². The molecular weight excluding hydrogens is 226 g/mol. The molecule has 17 heavy (non-hydrogen) atoms. The van der Waals surface area contributed by atoms with Gasteiger partial charge in [0.1, 0.15) is 12.1 Å². The van der Waals surface area contributed by atoms with Crippen molar-refractivity contribution in [3.8, 4) is 0 Å². The molecule has 0 aliphatic carbocycles. The molecule has 1 heterocycles. The highest BCUT2D eigenvalue weighted by atomic mass is 16.4. The number of carbonyl (C=O) groups excluding carboxylic acids is 2. The van der Waals surface area contributed by atoms with Gasteiger partial charge in [-0.05, 0) is 6.42 Å². The molecule has 0 radical (unpaired) electrons. The summed E-state index contributed by atoms with van der Waals surface area (Å²) in [6, 6.07) is -1.43. The Hall–Kier alpha value is -1.63. The second-order valence-electron chi connectivity index (χ2n) is 3.93. The number of aliphatic carboxylic acids is 1. The summed E-state index contributed by atoms with van der Waals surface area (Å²) in [5.74, 6) is -1.61. The molecule has 1 saturated heterocycles. The Bertz CT molecular complexity index is 309. The molecule has 1 aliphatic rings. The molecule has 0 aromatic rings. The maximum absolute atomic E-state index is 11.7. The number of carbonyl (C=O) groups is 3. The molecule has 1 fully saturated rings. The van der Waals surface area contributed by atoms with Gasteiger partial charge in [0.15, 0.2) is 0 Å². The van der Waals surface area contributed by atoms with Crippen molar-refractivity contribution in [3.05, 3.63) is 0 Å². The minimum Gasteiger partial charge on any atom is -0.480 e. The summed E-state index contributed by atoms with van der Waals surface area (Å²) in [5.41, 5.74) is 0. The lowest BCUT2D eigenvalue weighted by molar-refractivity contribution is -0.142. The third-order valence-corrected chi connectivity index (χ3v) is 2.52. The van der Waals surface area contributed by atoms with E-state index in [1.807, 2.05) is 6.92 Å². The average Bonchev–Trinajstić information content (AvgIpc) is 2.29. The third-order valence-electron chi connectivity index (χ3n) is 2.52. The number of rotatable bonds is 5. The van der Waals surface area contributed by atoms with Crippen LogP contribution in [-0.2, 0) is 14.4 Å². The maximum atomic E-state index is 11.7. The summed E-state index contributed by atoms with van der Waals surface area (Å²) in [4.78, 5) is 33.4. The molecule has 1 aliphatic heterocycles. The van der Waals surface area contributed by atoms with E-state index in [1.54, 1.807) is 0 Å². The van der Waals surface area contributed by atoms with E-state index >= 15 is 0 Å². The Morgan fingerprint density at radius 3 is 2.76 bits per heavy atom. The molecule has 96 valence electrons. The zero-order chi connectivity index (χ0) is 12.8. The first-order valence-electron chi connectivity index (χ1n) is 5.57. The van der Waals surface area contributed by atoms with E-state index in [4.69, 9.17) is 5.11 Å². The Morgan fingerprint density at radius 1 is 1.59 bits per heavy atom. The molecule has 7 heteroatoms. The van der Waals surface area contributed by atoms with Crippen molar-refractivity contribution in [3.63, 3.8) is 0 Å². The molecule has 2 unspecified atom stereocenters. The lowest BCUT2D eigenvalue weighted by atomic mass is 10.1. The van der Waals surface area contributed by atoms with Crippen molar-refractivity contribution >= 4 is 17.8 Å². The minimum atomic E-state index is -1.04. The molecule has 7 nitrogen and oxygen atoms in total. The van der Waals surface area contributed by atoms with Gasteiger partial charge in [-0.3, -0.25) is 14.9 Å².